The molecule has 3 nitrogen and oxygen atoms in total. The fourth-order valence-corrected chi connectivity index (χ4v) is 1.79. The van der Waals surface area contributed by atoms with Crippen LogP contribution in [0, 0.1) is 0 Å². The summed E-state index contributed by atoms with van der Waals surface area (Å²) in [5.74, 6) is 0. The molecule has 2 aromatic rings. The summed E-state index contributed by atoms with van der Waals surface area (Å²) in [7, 11) is 0. The second kappa shape index (κ2) is 4.59. The molecule has 1 heterocycles. The Balaban J connectivity index is 2.36. The maximum atomic E-state index is 5.41. The maximum absolute atomic E-state index is 5.41. The molecule has 1 aromatic carbocycles. The largest absolute Gasteiger partial charge is 0.330 e. The van der Waals surface area contributed by atoms with E-state index in [9.17, 15) is 0 Å². The quantitative estimate of drug-likeness (QED) is 0.897. The number of benzene rings is 1. The number of rotatable bonds is 3. The standard InChI is InChI=1S/C11H12BrN3/c12-8-4-5-9-10(3-1-2-6-13)14-15-11(9)7-8/h1,3-5,7H,2,6,13H2,(H,14,15). The zero-order chi connectivity index (χ0) is 10.7. The molecule has 0 radical (unpaired) electrons. The molecule has 3 N–H and O–H groups in total. The van der Waals surface area contributed by atoms with E-state index < -0.39 is 0 Å². The first-order valence-corrected chi connectivity index (χ1v) is 5.61. The van der Waals surface area contributed by atoms with Crippen molar-refractivity contribution in [3.63, 3.8) is 0 Å². The lowest BCUT2D eigenvalue weighted by atomic mass is 10.2. The third-order valence-corrected chi connectivity index (χ3v) is 2.66. The predicted molar refractivity (Wildman–Crippen MR) is 66.5 cm³/mol. The van der Waals surface area contributed by atoms with Crippen molar-refractivity contribution >= 4 is 32.9 Å². The van der Waals surface area contributed by atoms with Crippen LogP contribution in [-0.2, 0) is 0 Å². The van der Waals surface area contributed by atoms with E-state index in [1.807, 2.05) is 30.4 Å². The molecule has 15 heavy (non-hydrogen) atoms. The van der Waals surface area contributed by atoms with Crippen LogP contribution in [-0.4, -0.2) is 16.7 Å². The number of halogens is 1. The molecule has 0 saturated carbocycles. The van der Waals surface area contributed by atoms with Crippen LogP contribution in [0.1, 0.15) is 12.1 Å². The van der Waals surface area contributed by atoms with E-state index in [0.29, 0.717) is 6.54 Å². The van der Waals surface area contributed by atoms with Gasteiger partial charge in [-0.3, -0.25) is 5.10 Å². The summed E-state index contributed by atoms with van der Waals surface area (Å²) in [6.07, 6.45) is 4.92. The molecule has 0 aliphatic rings. The SMILES string of the molecule is NCCC=Cc1n[nH]c2cc(Br)ccc12. The molecule has 0 aliphatic heterocycles. The third-order valence-electron chi connectivity index (χ3n) is 2.16. The first-order chi connectivity index (χ1) is 7.31. The van der Waals surface area contributed by atoms with E-state index in [1.54, 1.807) is 0 Å². The molecule has 0 atom stereocenters. The van der Waals surface area contributed by atoms with Crippen LogP contribution < -0.4 is 5.73 Å². The zero-order valence-electron chi connectivity index (χ0n) is 8.20. The minimum atomic E-state index is 0.671. The van der Waals surface area contributed by atoms with E-state index in [0.717, 1.165) is 27.5 Å². The number of aromatic amines is 1. The van der Waals surface area contributed by atoms with Crippen LogP contribution in [0.4, 0.5) is 0 Å². The lowest BCUT2D eigenvalue weighted by Gasteiger charge is -1.91. The van der Waals surface area contributed by atoms with Crippen LogP contribution in [0.25, 0.3) is 17.0 Å². The minimum absolute atomic E-state index is 0.671. The molecule has 4 heteroatoms. The fraction of sp³-hybridized carbons (Fsp3) is 0.182. The second-order valence-electron chi connectivity index (χ2n) is 3.28. The summed E-state index contributed by atoms with van der Waals surface area (Å²) in [5, 5.41) is 8.36. The average molecular weight is 266 g/mol. The minimum Gasteiger partial charge on any atom is -0.330 e. The highest BCUT2D eigenvalue weighted by atomic mass is 79.9. The van der Waals surface area contributed by atoms with Crippen molar-refractivity contribution in [2.24, 2.45) is 5.73 Å². The van der Waals surface area contributed by atoms with Crippen LogP contribution >= 0.6 is 15.9 Å². The number of aromatic nitrogens is 2. The van der Waals surface area contributed by atoms with Gasteiger partial charge >= 0.3 is 0 Å². The normalized spacial score (nSPS) is 11.6. The van der Waals surface area contributed by atoms with Gasteiger partial charge in [0.1, 0.15) is 0 Å². The molecule has 0 saturated heterocycles. The Morgan fingerprint density at radius 2 is 2.33 bits per heavy atom. The van der Waals surface area contributed by atoms with Crippen LogP contribution in [0.3, 0.4) is 0 Å². The van der Waals surface area contributed by atoms with Gasteiger partial charge in [-0.05, 0) is 37.2 Å². The van der Waals surface area contributed by atoms with Crippen molar-refractivity contribution in [1.29, 1.82) is 0 Å². The van der Waals surface area contributed by atoms with Gasteiger partial charge in [0.05, 0.1) is 11.2 Å². The van der Waals surface area contributed by atoms with E-state index in [-0.39, 0.29) is 0 Å². The van der Waals surface area contributed by atoms with Crippen LogP contribution in [0.2, 0.25) is 0 Å². The number of hydrogen-bond acceptors (Lipinski definition) is 2. The third kappa shape index (κ3) is 2.27. The predicted octanol–water partition coefficient (Wildman–Crippen LogP) is 2.69. The van der Waals surface area contributed by atoms with Crippen molar-refractivity contribution in [3.8, 4) is 0 Å². The number of nitrogens with zero attached hydrogens (tertiary/aromatic N) is 1. The highest BCUT2D eigenvalue weighted by molar-refractivity contribution is 9.10. The topological polar surface area (TPSA) is 54.7 Å². The Morgan fingerprint density at radius 3 is 3.13 bits per heavy atom. The fourth-order valence-electron chi connectivity index (χ4n) is 1.43. The lowest BCUT2D eigenvalue weighted by Crippen LogP contribution is -1.94. The molecule has 2 rings (SSSR count). The number of nitrogens with two attached hydrogens (primary N) is 1. The van der Waals surface area contributed by atoms with Gasteiger partial charge in [0.25, 0.3) is 0 Å². The number of hydrogen-bond donors (Lipinski definition) is 2. The Bertz CT molecular complexity index is 488. The van der Waals surface area contributed by atoms with E-state index in [1.165, 1.54) is 0 Å². The lowest BCUT2D eigenvalue weighted by molar-refractivity contribution is 1.01. The number of fused-ring (bicyclic) bond motifs is 1. The molecule has 78 valence electrons. The van der Waals surface area contributed by atoms with Crippen molar-refractivity contribution in [2.75, 3.05) is 6.54 Å². The van der Waals surface area contributed by atoms with Gasteiger partial charge in [-0.2, -0.15) is 5.10 Å². The van der Waals surface area contributed by atoms with E-state index >= 15 is 0 Å². The second-order valence-corrected chi connectivity index (χ2v) is 4.19. The summed E-state index contributed by atoms with van der Waals surface area (Å²) in [6, 6.07) is 6.08. The van der Waals surface area contributed by atoms with Crippen molar-refractivity contribution < 1.29 is 0 Å². The molecule has 0 spiro atoms. The van der Waals surface area contributed by atoms with Gasteiger partial charge in [0.15, 0.2) is 0 Å². The Kier molecular flexibility index (Phi) is 3.18. The average Bonchev–Trinajstić information content (AvgIpc) is 2.61. The van der Waals surface area contributed by atoms with Crippen LogP contribution in [0.15, 0.2) is 28.7 Å². The molecule has 0 amide bonds. The van der Waals surface area contributed by atoms with Crippen molar-refractivity contribution in [2.45, 2.75) is 6.42 Å². The first-order valence-electron chi connectivity index (χ1n) is 4.81. The first kappa shape index (κ1) is 10.4. The van der Waals surface area contributed by atoms with Gasteiger partial charge in [-0.1, -0.05) is 22.0 Å². The molecule has 0 fully saturated rings. The summed E-state index contributed by atoms with van der Waals surface area (Å²) in [4.78, 5) is 0. The highest BCUT2D eigenvalue weighted by Gasteiger charge is 2.01. The molecular weight excluding hydrogens is 254 g/mol. The molecular formula is C11H12BrN3. The summed E-state index contributed by atoms with van der Waals surface area (Å²) >= 11 is 3.42. The summed E-state index contributed by atoms with van der Waals surface area (Å²) in [6.45, 7) is 0.671. The smallest absolute Gasteiger partial charge is 0.0924 e. The van der Waals surface area contributed by atoms with Gasteiger partial charge in [-0.25, -0.2) is 0 Å². The zero-order valence-corrected chi connectivity index (χ0v) is 9.79. The Hall–Kier alpha value is -1.13. The van der Waals surface area contributed by atoms with Crippen LogP contribution in [0.5, 0.6) is 0 Å². The number of nitrogens with one attached hydrogen (secondary N) is 1. The number of H-pyrrole nitrogens is 1. The molecule has 0 aliphatic carbocycles. The molecule has 0 unspecified atom stereocenters. The maximum Gasteiger partial charge on any atom is 0.0924 e. The molecule has 0 bridgehead atoms. The van der Waals surface area contributed by atoms with Gasteiger partial charge in [0, 0.05) is 9.86 Å². The Labute approximate surface area is 96.5 Å². The van der Waals surface area contributed by atoms with E-state index in [2.05, 4.69) is 26.1 Å². The van der Waals surface area contributed by atoms with Crippen molar-refractivity contribution in [1.82, 2.24) is 10.2 Å². The monoisotopic (exact) mass is 265 g/mol. The summed E-state index contributed by atoms with van der Waals surface area (Å²) in [5.41, 5.74) is 7.42. The highest BCUT2D eigenvalue weighted by Crippen LogP contribution is 2.21. The summed E-state index contributed by atoms with van der Waals surface area (Å²) < 4.78 is 1.05. The van der Waals surface area contributed by atoms with Crippen molar-refractivity contribution in [3.05, 3.63) is 34.4 Å². The molecule has 1 aromatic heterocycles. The van der Waals surface area contributed by atoms with Gasteiger partial charge < -0.3 is 5.73 Å². The van der Waals surface area contributed by atoms with Gasteiger partial charge in [-0.15, -0.1) is 0 Å². The van der Waals surface area contributed by atoms with Gasteiger partial charge in [0.2, 0.25) is 0 Å². The van der Waals surface area contributed by atoms with E-state index in [4.69, 9.17) is 5.73 Å². The Morgan fingerprint density at radius 1 is 1.47 bits per heavy atom.